The second-order valence-corrected chi connectivity index (χ2v) is 4.58. The molecule has 1 fully saturated rings. The van der Waals surface area contributed by atoms with E-state index >= 15 is 0 Å². The fraction of sp³-hybridized carbons (Fsp3) is 0.500. The molecule has 5 nitrogen and oxygen atoms in total. The highest BCUT2D eigenvalue weighted by Gasteiger charge is 2.13. The molecule has 1 heterocycles. The summed E-state index contributed by atoms with van der Waals surface area (Å²) in [6, 6.07) is 7.69. The summed E-state index contributed by atoms with van der Waals surface area (Å²) < 4.78 is 11.2. The Hall–Kier alpha value is -1.59. The third kappa shape index (κ3) is 4.89. The molecule has 104 valence electrons. The van der Waals surface area contributed by atoms with Crippen LogP contribution in [0, 0.1) is 0 Å². The van der Waals surface area contributed by atoms with Crippen molar-refractivity contribution in [2.24, 2.45) is 0 Å². The molecule has 1 amide bonds. The van der Waals surface area contributed by atoms with Crippen LogP contribution in [-0.4, -0.2) is 24.1 Å². The van der Waals surface area contributed by atoms with Crippen LogP contribution in [0.5, 0.6) is 0 Å². The Bertz CT molecular complexity index is 398. The van der Waals surface area contributed by atoms with E-state index in [2.05, 4.69) is 5.32 Å². The molecule has 1 aliphatic rings. The van der Waals surface area contributed by atoms with Crippen LogP contribution in [0.25, 0.3) is 0 Å². The summed E-state index contributed by atoms with van der Waals surface area (Å²) in [6.07, 6.45) is 2.14. The molecular weight excluding hydrogens is 246 g/mol. The standard InChI is InChI=1S/C14H19NO4/c16-14(17)15-9-11-4-6-12(7-5-11)10-19-13-3-1-2-8-18-13/h4-7,13,15H,1-3,8-10H2,(H,16,17). The summed E-state index contributed by atoms with van der Waals surface area (Å²) in [5, 5.41) is 10.8. The molecular formula is C14H19NO4. The van der Waals surface area contributed by atoms with Crippen LogP contribution in [0.4, 0.5) is 4.79 Å². The Labute approximate surface area is 112 Å². The topological polar surface area (TPSA) is 67.8 Å². The second kappa shape index (κ2) is 7.11. The van der Waals surface area contributed by atoms with Gasteiger partial charge >= 0.3 is 6.09 Å². The minimum Gasteiger partial charge on any atom is -0.465 e. The van der Waals surface area contributed by atoms with Gasteiger partial charge in [-0.25, -0.2) is 4.79 Å². The zero-order valence-corrected chi connectivity index (χ0v) is 10.8. The lowest BCUT2D eigenvalue weighted by Crippen LogP contribution is -2.22. The minimum atomic E-state index is -1.01. The fourth-order valence-electron chi connectivity index (χ4n) is 1.96. The van der Waals surface area contributed by atoms with Gasteiger partial charge in [0.25, 0.3) is 0 Å². The molecule has 2 N–H and O–H groups in total. The maximum absolute atomic E-state index is 10.4. The average Bonchev–Trinajstić information content (AvgIpc) is 2.45. The summed E-state index contributed by atoms with van der Waals surface area (Å²) >= 11 is 0. The number of hydrogen-bond acceptors (Lipinski definition) is 3. The van der Waals surface area contributed by atoms with E-state index in [0.29, 0.717) is 13.2 Å². The van der Waals surface area contributed by atoms with E-state index in [1.165, 1.54) is 0 Å². The maximum Gasteiger partial charge on any atom is 0.404 e. The molecule has 1 aliphatic heterocycles. The van der Waals surface area contributed by atoms with Gasteiger partial charge in [0.15, 0.2) is 6.29 Å². The van der Waals surface area contributed by atoms with Crippen molar-refractivity contribution in [2.75, 3.05) is 6.61 Å². The third-order valence-corrected chi connectivity index (χ3v) is 3.04. The summed E-state index contributed by atoms with van der Waals surface area (Å²) in [6.45, 7) is 1.63. The van der Waals surface area contributed by atoms with Gasteiger partial charge < -0.3 is 19.9 Å². The van der Waals surface area contributed by atoms with Gasteiger partial charge in [0, 0.05) is 13.2 Å². The van der Waals surface area contributed by atoms with Crippen LogP contribution in [-0.2, 0) is 22.6 Å². The quantitative estimate of drug-likeness (QED) is 0.858. The Morgan fingerprint density at radius 2 is 2.05 bits per heavy atom. The van der Waals surface area contributed by atoms with Crippen molar-refractivity contribution in [1.29, 1.82) is 0 Å². The number of ether oxygens (including phenoxy) is 2. The molecule has 1 atom stereocenters. The number of amides is 1. The van der Waals surface area contributed by atoms with Crippen LogP contribution in [0.15, 0.2) is 24.3 Å². The van der Waals surface area contributed by atoms with Gasteiger partial charge in [-0.05, 0) is 30.4 Å². The highest BCUT2D eigenvalue weighted by Crippen LogP contribution is 2.15. The first kappa shape index (κ1) is 13.8. The van der Waals surface area contributed by atoms with Crippen molar-refractivity contribution in [2.45, 2.75) is 38.7 Å². The van der Waals surface area contributed by atoms with Crippen molar-refractivity contribution in [3.63, 3.8) is 0 Å². The number of carbonyl (C=O) groups is 1. The average molecular weight is 265 g/mol. The summed E-state index contributed by atoms with van der Waals surface area (Å²) in [4.78, 5) is 10.4. The Balaban J connectivity index is 1.76. The van der Waals surface area contributed by atoms with E-state index in [1.54, 1.807) is 0 Å². The molecule has 0 saturated carbocycles. The molecule has 0 bridgehead atoms. The lowest BCUT2D eigenvalue weighted by molar-refractivity contribution is -0.168. The van der Waals surface area contributed by atoms with Crippen molar-refractivity contribution in [1.82, 2.24) is 5.32 Å². The zero-order valence-electron chi connectivity index (χ0n) is 10.8. The summed E-state index contributed by atoms with van der Waals surface area (Å²) in [5.74, 6) is 0. The van der Waals surface area contributed by atoms with Gasteiger partial charge in [-0.2, -0.15) is 0 Å². The van der Waals surface area contributed by atoms with Crippen LogP contribution < -0.4 is 5.32 Å². The first-order valence-electron chi connectivity index (χ1n) is 6.52. The maximum atomic E-state index is 10.4. The van der Waals surface area contributed by atoms with Gasteiger partial charge in [0.05, 0.1) is 6.61 Å². The van der Waals surface area contributed by atoms with Crippen LogP contribution in [0.1, 0.15) is 30.4 Å². The Morgan fingerprint density at radius 3 is 2.68 bits per heavy atom. The van der Waals surface area contributed by atoms with E-state index in [0.717, 1.165) is 37.0 Å². The van der Waals surface area contributed by atoms with E-state index in [9.17, 15) is 4.79 Å². The fourth-order valence-corrected chi connectivity index (χ4v) is 1.96. The predicted molar refractivity (Wildman–Crippen MR) is 69.7 cm³/mol. The lowest BCUT2D eigenvalue weighted by Gasteiger charge is -2.22. The largest absolute Gasteiger partial charge is 0.465 e. The van der Waals surface area contributed by atoms with Crippen molar-refractivity contribution < 1.29 is 19.4 Å². The predicted octanol–water partition coefficient (Wildman–Crippen LogP) is 2.50. The first-order chi connectivity index (χ1) is 9.24. The summed E-state index contributed by atoms with van der Waals surface area (Å²) in [5.41, 5.74) is 1.99. The number of hydrogen-bond donors (Lipinski definition) is 2. The highest BCUT2D eigenvalue weighted by molar-refractivity contribution is 5.64. The van der Waals surface area contributed by atoms with Gasteiger partial charge in [-0.1, -0.05) is 24.3 Å². The van der Waals surface area contributed by atoms with E-state index in [-0.39, 0.29) is 6.29 Å². The van der Waals surface area contributed by atoms with Gasteiger partial charge in [0.1, 0.15) is 0 Å². The van der Waals surface area contributed by atoms with Crippen LogP contribution >= 0.6 is 0 Å². The van der Waals surface area contributed by atoms with Gasteiger partial charge in [0.2, 0.25) is 0 Å². The molecule has 5 heteroatoms. The van der Waals surface area contributed by atoms with Crippen LogP contribution in [0.2, 0.25) is 0 Å². The van der Waals surface area contributed by atoms with Crippen molar-refractivity contribution in [3.05, 3.63) is 35.4 Å². The molecule has 1 aromatic rings. The molecule has 2 rings (SSSR count). The molecule has 1 saturated heterocycles. The number of rotatable bonds is 5. The third-order valence-electron chi connectivity index (χ3n) is 3.04. The monoisotopic (exact) mass is 265 g/mol. The first-order valence-corrected chi connectivity index (χ1v) is 6.52. The number of nitrogens with one attached hydrogen (secondary N) is 1. The molecule has 0 radical (unpaired) electrons. The minimum absolute atomic E-state index is 0.0814. The van der Waals surface area contributed by atoms with Crippen molar-refractivity contribution in [3.8, 4) is 0 Å². The number of carboxylic acid groups (broad SMARTS) is 1. The SMILES string of the molecule is O=C(O)NCc1ccc(COC2CCCCO2)cc1. The zero-order chi connectivity index (χ0) is 13.5. The second-order valence-electron chi connectivity index (χ2n) is 4.58. The highest BCUT2D eigenvalue weighted by atomic mass is 16.7. The normalized spacial score (nSPS) is 19.1. The molecule has 1 aromatic carbocycles. The van der Waals surface area contributed by atoms with Gasteiger partial charge in [-0.15, -0.1) is 0 Å². The Kier molecular flexibility index (Phi) is 5.18. The van der Waals surface area contributed by atoms with Crippen molar-refractivity contribution >= 4 is 6.09 Å². The van der Waals surface area contributed by atoms with E-state index in [1.807, 2.05) is 24.3 Å². The molecule has 1 unspecified atom stereocenters. The van der Waals surface area contributed by atoms with Gasteiger partial charge in [-0.3, -0.25) is 0 Å². The van der Waals surface area contributed by atoms with E-state index < -0.39 is 6.09 Å². The Morgan fingerprint density at radius 1 is 1.32 bits per heavy atom. The molecule has 0 aromatic heterocycles. The molecule has 19 heavy (non-hydrogen) atoms. The smallest absolute Gasteiger partial charge is 0.404 e. The van der Waals surface area contributed by atoms with Crippen LogP contribution in [0.3, 0.4) is 0 Å². The molecule has 0 spiro atoms. The summed E-state index contributed by atoms with van der Waals surface area (Å²) in [7, 11) is 0. The molecule has 0 aliphatic carbocycles. The van der Waals surface area contributed by atoms with E-state index in [4.69, 9.17) is 14.6 Å². The number of benzene rings is 1. The lowest BCUT2D eigenvalue weighted by atomic mass is 10.1.